The maximum atomic E-state index is 12.0. The van der Waals surface area contributed by atoms with Crippen molar-refractivity contribution in [2.24, 2.45) is 0 Å². The number of ether oxygens (including phenoxy) is 1. The summed E-state index contributed by atoms with van der Waals surface area (Å²) < 4.78 is 33.2. The highest BCUT2D eigenvalue weighted by Crippen LogP contribution is 2.15. The molecule has 1 aromatic rings. The Labute approximate surface area is 114 Å². The first-order valence-corrected chi connectivity index (χ1v) is 7.82. The van der Waals surface area contributed by atoms with E-state index >= 15 is 0 Å². The molecular formula is C12H22N2O4S. The summed E-state index contributed by atoms with van der Waals surface area (Å²) in [7, 11) is -1.93. The second-order valence-corrected chi connectivity index (χ2v) is 6.03. The Morgan fingerprint density at radius 3 is 2.79 bits per heavy atom. The first-order chi connectivity index (χ1) is 9.05. The van der Waals surface area contributed by atoms with Gasteiger partial charge in [0.1, 0.15) is 0 Å². The van der Waals surface area contributed by atoms with Gasteiger partial charge >= 0.3 is 0 Å². The molecule has 0 radical (unpaired) electrons. The van der Waals surface area contributed by atoms with E-state index in [1.165, 1.54) is 6.07 Å². The van der Waals surface area contributed by atoms with Crippen LogP contribution in [0.1, 0.15) is 25.5 Å². The molecule has 6 nitrogen and oxygen atoms in total. The number of hydrogen-bond acceptors (Lipinski definition) is 4. The maximum absolute atomic E-state index is 12.0. The van der Waals surface area contributed by atoms with Crippen molar-refractivity contribution < 1.29 is 18.3 Å². The molecule has 1 aromatic heterocycles. The molecule has 110 valence electrons. The molecule has 0 spiro atoms. The van der Waals surface area contributed by atoms with E-state index in [1.807, 2.05) is 6.92 Å². The third-order valence-corrected chi connectivity index (χ3v) is 4.14. The number of aliphatic hydroxyl groups excluding tert-OH is 1. The van der Waals surface area contributed by atoms with Gasteiger partial charge in [0.05, 0.1) is 11.5 Å². The molecular weight excluding hydrogens is 268 g/mol. The predicted octanol–water partition coefficient (Wildman–Crippen LogP) is 0.705. The number of methoxy groups -OCH3 is 1. The number of sulfonamides is 1. The third-order valence-electron chi connectivity index (χ3n) is 2.71. The van der Waals surface area contributed by atoms with Crippen LogP contribution < -0.4 is 4.72 Å². The number of hydrogen-bond donors (Lipinski definition) is 2. The summed E-state index contributed by atoms with van der Waals surface area (Å²) in [5, 5.41) is 9.22. The summed E-state index contributed by atoms with van der Waals surface area (Å²) in [5.41, 5.74) is 0.610. The molecule has 0 unspecified atom stereocenters. The second-order valence-electron chi connectivity index (χ2n) is 4.26. The molecule has 1 rings (SSSR count). The predicted molar refractivity (Wildman–Crippen MR) is 72.3 cm³/mol. The summed E-state index contributed by atoms with van der Waals surface area (Å²) in [4.78, 5) is 0.197. The highest BCUT2D eigenvalue weighted by molar-refractivity contribution is 7.89. The molecule has 2 N–H and O–H groups in total. The Balaban J connectivity index is 2.77. The molecule has 0 amide bonds. The Morgan fingerprint density at radius 2 is 2.21 bits per heavy atom. The molecule has 0 atom stereocenters. The number of aromatic nitrogens is 1. The summed E-state index contributed by atoms with van der Waals surface area (Å²) >= 11 is 0. The lowest BCUT2D eigenvalue weighted by atomic mass is 10.4. The molecule has 0 bridgehead atoms. The zero-order chi connectivity index (χ0) is 14.3. The van der Waals surface area contributed by atoms with Gasteiger partial charge in [-0.3, -0.25) is 0 Å². The minimum Gasteiger partial charge on any atom is -0.390 e. The van der Waals surface area contributed by atoms with Crippen LogP contribution in [-0.2, 0) is 27.9 Å². The second kappa shape index (κ2) is 7.64. The Kier molecular flexibility index (Phi) is 6.50. The van der Waals surface area contributed by atoms with Crippen molar-refractivity contribution in [1.29, 1.82) is 0 Å². The number of aryl methyl sites for hydroxylation is 1. The van der Waals surface area contributed by atoms with Crippen LogP contribution in [0.4, 0.5) is 0 Å². The van der Waals surface area contributed by atoms with E-state index in [4.69, 9.17) is 4.74 Å². The molecule has 0 aliphatic heterocycles. The summed E-state index contributed by atoms with van der Waals surface area (Å²) in [5.74, 6) is 0. The smallest absolute Gasteiger partial charge is 0.242 e. The minimum absolute atomic E-state index is 0.167. The third kappa shape index (κ3) is 4.61. The zero-order valence-corrected chi connectivity index (χ0v) is 12.2. The monoisotopic (exact) mass is 290 g/mol. The number of rotatable bonds is 9. The minimum atomic E-state index is -3.51. The molecule has 0 saturated heterocycles. The van der Waals surface area contributed by atoms with Gasteiger partial charge < -0.3 is 14.4 Å². The van der Waals surface area contributed by atoms with Gasteiger partial charge in [0.15, 0.2) is 0 Å². The Hall–Kier alpha value is -0.890. The first kappa shape index (κ1) is 16.2. The number of nitrogens with zero attached hydrogens (tertiary/aromatic N) is 1. The zero-order valence-electron chi connectivity index (χ0n) is 11.4. The van der Waals surface area contributed by atoms with E-state index < -0.39 is 10.0 Å². The van der Waals surface area contributed by atoms with Crippen molar-refractivity contribution in [3.63, 3.8) is 0 Å². The standard InChI is InChI=1S/C12H22N2O4S/c1-3-6-14-9-12(8-11(14)10-15)19(16,17)13-5-4-7-18-2/h8-9,13,15H,3-7,10H2,1-2H3. The lowest BCUT2D eigenvalue weighted by Crippen LogP contribution is -2.25. The van der Waals surface area contributed by atoms with Gasteiger partial charge in [-0.15, -0.1) is 0 Å². The quantitative estimate of drug-likeness (QED) is 0.656. The van der Waals surface area contributed by atoms with E-state index in [-0.39, 0.29) is 11.5 Å². The van der Waals surface area contributed by atoms with Gasteiger partial charge in [0.2, 0.25) is 10.0 Å². The average molecular weight is 290 g/mol. The Bertz CT molecular complexity index is 482. The lowest BCUT2D eigenvalue weighted by molar-refractivity contribution is 0.196. The van der Waals surface area contributed by atoms with E-state index in [9.17, 15) is 13.5 Å². The largest absolute Gasteiger partial charge is 0.390 e. The lowest BCUT2D eigenvalue weighted by Gasteiger charge is -2.04. The maximum Gasteiger partial charge on any atom is 0.242 e. The van der Waals surface area contributed by atoms with Crippen LogP contribution in [0, 0.1) is 0 Å². The number of aliphatic hydroxyl groups is 1. The van der Waals surface area contributed by atoms with Crippen LogP contribution in [0.5, 0.6) is 0 Å². The van der Waals surface area contributed by atoms with E-state index in [0.717, 1.165) is 6.42 Å². The van der Waals surface area contributed by atoms with Crippen LogP contribution in [0.15, 0.2) is 17.2 Å². The number of nitrogens with one attached hydrogen (secondary N) is 1. The van der Waals surface area contributed by atoms with Gasteiger partial charge in [0, 0.05) is 38.7 Å². The molecule has 0 aliphatic carbocycles. The average Bonchev–Trinajstić information content (AvgIpc) is 2.79. The molecule has 1 heterocycles. The van der Waals surface area contributed by atoms with Crippen molar-refractivity contribution in [3.05, 3.63) is 18.0 Å². The molecule has 0 fully saturated rings. The molecule has 0 aromatic carbocycles. The summed E-state index contributed by atoms with van der Waals surface area (Å²) in [6, 6.07) is 1.51. The van der Waals surface area contributed by atoms with Crippen LogP contribution in [0.2, 0.25) is 0 Å². The summed E-state index contributed by atoms with van der Waals surface area (Å²) in [6.07, 6.45) is 3.06. The first-order valence-electron chi connectivity index (χ1n) is 6.33. The van der Waals surface area contributed by atoms with Crippen LogP contribution in [0.25, 0.3) is 0 Å². The molecule has 0 saturated carbocycles. The van der Waals surface area contributed by atoms with Crippen molar-refractivity contribution in [1.82, 2.24) is 9.29 Å². The topological polar surface area (TPSA) is 80.6 Å². The van der Waals surface area contributed by atoms with Gasteiger partial charge in [-0.05, 0) is 18.9 Å². The van der Waals surface area contributed by atoms with Gasteiger partial charge in [-0.25, -0.2) is 13.1 Å². The summed E-state index contributed by atoms with van der Waals surface area (Å²) in [6.45, 7) is 3.37. The highest BCUT2D eigenvalue weighted by Gasteiger charge is 2.17. The van der Waals surface area contributed by atoms with E-state index in [0.29, 0.717) is 31.8 Å². The van der Waals surface area contributed by atoms with Gasteiger partial charge in [-0.2, -0.15) is 0 Å². The molecule has 0 aliphatic rings. The van der Waals surface area contributed by atoms with Crippen LogP contribution in [0.3, 0.4) is 0 Å². The van der Waals surface area contributed by atoms with Crippen LogP contribution >= 0.6 is 0 Å². The molecule has 7 heteroatoms. The van der Waals surface area contributed by atoms with Gasteiger partial charge in [0.25, 0.3) is 0 Å². The fraction of sp³-hybridized carbons (Fsp3) is 0.667. The normalized spacial score (nSPS) is 11.9. The van der Waals surface area contributed by atoms with E-state index in [2.05, 4.69) is 4.72 Å². The van der Waals surface area contributed by atoms with Crippen molar-refractivity contribution in [2.75, 3.05) is 20.3 Å². The van der Waals surface area contributed by atoms with Crippen molar-refractivity contribution >= 4 is 10.0 Å². The fourth-order valence-electron chi connectivity index (χ4n) is 1.76. The molecule has 19 heavy (non-hydrogen) atoms. The fourth-order valence-corrected chi connectivity index (χ4v) is 2.90. The van der Waals surface area contributed by atoms with Crippen LogP contribution in [-0.4, -0.2) is 38.4 Å². The Morgan fingerprint density at radius 1 is 1.47 bits per heavy atom. The SMILES string of the molecule is CCCn1cc(S(=O)(=O)NCCCOC)cc1CO. The van der Waals surface area contributed by atoms with Gasteiger partial charge in [-0.1, -0.05) is 6.92 Å². The van der Waals surface area contributed by atoms with Crippen molar-refractivity contribution in [3.8, 4) is 0 Å². The highest BCUT2D eigenvalue weighted by atomic mass is 32.2. The van der Waals surface area contributed by atoms with Crippen molar-refractivity contribution in [2.45, 2.75) is 37.8 Å². The van der Waals surface area contributed by atoms with E-state index in [1.54, 1.807) is 17.9 Å².